The monoisotopic (exact) mass is 177 g/mol. The zero-order valence-corrected chi connectivity index (χ0v) is 8.50. The van der Waals surface area contributed by atoms with Crippen molar-refractivity contribution in [1.29, 1.82) is 5.26 Å². The van der Waals surface area contributed by atoms with Gasteiger partial charge in [-0.05, 0) is 12.8 Å². The third kappa shape index (κ3) is 11.0. The van der Waals surface area contributed by atoms with E-state index in [-0.39, 0.29) is 0 Å². The van der Waals surface area contributed by atoms with Crippen LogP contribution >= 0.6 is 0 Å². The minimum Gasteiger partial charge on any atom is -0.193 e. The maximum absolute atomic E-state index is 8.20. The van der Waals surface area contributed by atoms with Crippen LogP contribution in [-0.4, -0.2) is 0 Å². The predicted octanol–water partition coefficient (Wildman–Crippen LogP) is 3.98. The van der Waals surface area contributed by atoms with Crippen LogP contribution in [0, 0.1) is 11.3 Å². The van der Waals surface area contributed by atoms with Crippen molar-refractivity contribution in [3.63, 3.8) is 0 Å². The van der Waals surface area contributed by atoms with Crippen molar-refractivity contribution in [3.05, 3.63) is 24.3 Å². The molecule has 0 rings (SSSR count). The van der Waals surface area contributed by atoms with Crippen molar-refractivity contribution in [2.24, 2.45) is 0 Å². The standard InChI is InChI=1S/C12H19N/c1-2-3-4-5-6-7-8-9-10-11-12-13/h8-11H,2-7H2,1H3/b9-8+,11-10+. The molecule has 0 saturated heterocycles. The van der Waals surface area contributed by atoms with E-state index >= 15 is 0 Å². The molecule has 0 aromatic rings. The van der Waals surface area contributed by atoms with Crippen molar-refractivity contribution < 1.29 is 0 Å². The normalized spacial score (nSPS) is 11.1. The Morgan fingerprint density at radius 1 is 1.08 bits per heavy atom. The second kappa shape index (κ2) is 11.0. The maximum atomic E-state index is 8.20. The summed E-state index contributed by atoms with van der Waals surface area (Å²) in [6.45, 7) is 2.23. The number of nitrogens with zero attached hydrogens (tertiary/aromatic N) is 1. The average molecular weight is 177 g/mol. The SMILES string of the molecule is CCCCCCC/C=C/C=C/C#N. The summed E-state index contributed by atoms with van der Waals surface area (Å²) in [5.41, 5.74) is 0. The lowest BCUT2D eigenvalue weighted by Crippen LogP contribution is -1.75. The molecule has 0 aliphatic carbocycles. The second-order valence-electron chi connectivity index (χ2n) is 3.12. The molecule has 0 aliphatic heterocycles. The lowest BCUT2D eigenvalue weighted by Gasteiger charge is -1.95. The fourth-order valence-electron chi connectivity index (χ4n) is 1.14. The molecule has 0 fully saturated rings. The molecule has 0 radical (unpaired) electrons. The fraction of sp³-hybridized carbons (Fsp3) is 0.583. The van der Waals surface area contributed by atoms with Crippen molar-refractivity contribution in [1.82, 2.24) is 0 Å². The molecule has 0 N–H and O–H groups in total. The number of unbranched alkanes of at least 4 members (excludes halogenated alkanes) is 5. The fourth-order valence-corrected chi connectivity index (χ4v) is 1.14. The molecule has 0 aromatic heterocycles. The van der Waals surface area contributed by atoms with Crippen molar-refractivity contribution in [2.45, 2.75) is 45.4 Å². The van der Waals surface area contributed by atoms with Gasteiger partial charge < -0.3 is 0 Å². The molecule has 0 heterocycles. The van der Waals surface area contributed by atoms with Gasteiger partial charge >= 0.3 is 0 Å². The zero-order valence-electron chi connectivity index (χ0n) is 8.50. The number of hydrogen-bond donors (Lipinski definition) is 0. The Morgan fingerprint density at radius 2 is 1.85 bits per heavy atom. The first-order valence-corrected chi connectivity index (χ1v) is 5.13. The third-order valence-corrected chi connectivity index (χ3v) is 1.89. The van der Waals surface area contributed by atoms with Gasteiger partial charge in [-0.3, -0.25) is 0 Å². The first kappa shape index (κ1) is 12.0. The quantitative estimate of drug-likeness (QED) is 0.328. The second-order valence-corrected chi connectivity index (χ2v) is 3.12. The van der Waals surface area contributed by atoms with E-state index < -0.39 is 0 Å². The van der Waals surface area contributed by atoms with Gasteiger partial charge in [-0.1, -0.05) is 50.8 Å². The first-order chi connectivity index (χ1) is 6.41. The Labute approximate surface area is 81.8 Å². The molecule has 0 saturated carbocycles. The topological polar surface area (TPSA) is 23.8 Å². The summed E-state index contributed by atoms with van der Waals surface area (Å²) in [7, 11) is 0. The average Bonchev–Trinajstić information content (AvgIpc) is 2.16. The van der Waals surface area contributed by atoms with Crippen LogP contribution in [0.25, 0.3) is 0 Å². The molecule has 0 bridgehead atoms. The van der Waals surface area contributed by atoms with Gasteiger partial charge in [0, 0.05) is 6.08 Å². The molecular formula is C12H19N. The van der Waals surface area contributed by atoms with Crippen molar-refractivity contribution >= 4 is 0 Å². The van der Waals surface area contributed by atoms with Crippen molar-refractivity contribution in [2.75, 3.05) is 0 Å². The Kier molecular flexibility index (Phi) is 10.1. The Morgan fingerprint density at radius 3 is 2.54 bits per heavy atom. The molecule has 0 amide bonds. The van der Waals surface area contributed by atoms with E-state index in [1.807, 2.05) is 12.1 Å². The smallest absolute Gasteiger partial charge is 0.0912 e. The highest BCUT2D eigenvalue weighted by atomic mass is 14.2. The Bertz CT molecular complexity index is 184. The van der Waals surface area contributed by atoms with Crippen LogP contribution in [0.1, 0.15) is 45.4 Å². The lowest BCUT2D eigenvalue weighted by atomic mass is 10.1. The van der Waals surface area contributed by atoms with E-state index in [2.05, 4.69) is 13.0 Å². The van der Waals surface area contributed by atoms with Crippen LogP contribution in [0.5, 0.6) is 0 Å². The summed E-state index contributed by atoms with van der Waals surface area (Å²) in [6.07, 6.45) is 15.1. The van der Waals surface area contributed by atoms with Gasteiger partial charge in [0.25, 0.3) is 0 Å². The number of allylic oxidation sites excluding steroid dienone is 4. The highest BCUT2D eigenvalue weighted by molar-refractivity contribution is 5.11. The summed E-state index contributed by atoms with van der Waals surface area (Å²) in [6, 6.07) is 1.95. The van der Waals surface area contributed by atoms with Crippen molar-refractivity contribution in [3.8, 4) is 6.07 Å². The van der Waals surface area contributed by atoms with Gasteiger partial charge in [-0.25, -0.2) is 0 Å². The van der Waals surface area contributed by atoms with Crippen LogP contribution in [-0.2, 0) is 0 Å². The number of rotatable bonds is 7. The van der Waals surface area contributed by atoms with Gasteiger partial charge in [0.05, 0.1) is 6.07 Å². The molecule has 72 valence electrons. The van der Waals surface area contributed by atoms with Gasteiger partial charge in [-0.2, -0.15) is 5.26 Å². The largest absolute Gasteiger partial charge is 0.193 e. The highest BCUT2D eigenvalue weighted by Crippen LogP contribution is 2.05. The first-order valence-electron chi connectivity index (χ1n) is 5.13. The highest BCUT2D eigenvalue weighted by Gasteiger charge is 1.85. The Balaban J connectivity index is 3.12. The molecule has 0 unspecified atom stereocenters. The van der Waals surface area contributed by atoms with Crippen LogP contribution in [0.4, 0.5) is 0 Å². The zero-order chi connectivity index (χ0) is 9.78. The van der Waals surface area contributed by atoms with Gasteiger partial charge in [0.2, 0.25) is 0 Å². The van der Waals surface area contributed by atoms with E-state index in [1.54, 1.807) is 6.08 Å². The summed E-state index contributed by atoms with van der Waals surface area (Å²) >= 11 is 0. The minimum absolute atomic E-state index is 1.14. The molecule has 0 aromatic carbocycles. The van der Waals surface area contributed by atoms with E-state index in [9.17, 15) is 0 Å². The molecule has 13 heavy (non-hydrogen) atoms. The summed E-state index contributed by atoms with van der Waals surface area (Å²) in [5.74, 6) is 0. The van der Waals surface area contributed by atoms with E-state index in [0.717, 1.165) is 6.42 Å². The van der Waals surface area contributed by atoms with E-state index in [4.69, 9.17) is 5.26 Å². The maximum Gasteiger partial charge on any atom is 0.0912 e. The molecule has 0 atom stereocenters. The molecule has 1 heteroatoms. The molecule has 0 aliphatic rings. The van der Waals surface area contributed by atoms with Crippen LogP contribution in [0.2, 0.25) is 0 Å². The van der Waals surface area contributed by atoms with Gasteiger partial charge in [0.15, 0.2) is 0 Å². The minimum atomic E-state index is 1.14. The summed E-state index contributed by atoms with van der Waals surface area (Å²) in [4.78, 5) is 0. The number of nitriles is 1. The lowest BCUT2D eigenvalue weighted by molar-refractivity contribution is 0.637. The van der Waals surface area contributed by atoms with E-state index in [1.165, 1.54) is 38.2 Å². The molecule has 0 spiro atoms. The van der Waals surface area contributed by atoms with Crippen LogP contribution in [0.15, 0.2) is 24.3 Å². The van der Waals surface area contributed by atoms with Crippen LogP contribution < -0.4 is 0 Å². The Hall–Kier alpha value is -1.03. The molecule has 1 nitrogen and oxygen atoms in total. The number of hydrogen-bond acceptors (Lipinski definition) is 1. The van der Waals surface area contributed by atoms with Crippen LogP contribution in [0.3, 0.4) is 0 Å². The summed E-state index contributed by atoms with van der Waals surface area (Å²) < 4.78 is 0. The third-order valence-electron chi connectivity index (χ3n) is 1.89. The van der Waals surface area contributed by atoms with Gasteiger partial charge in [0.1, 0.15) is 0 Å². The molecular weight excluding hydrogens is 158 g/mol. The predicted molar refractivity (Wildman–Crippen MR) is 57.3 cm³/mol. The van der Waals surface area contributed by atoms with Gasteiger partial charge in [-0.15, -0.1) is 0 Å². The van der Waals surface area contributed by atoms with E-state index in [0.29, 0.717) is 0 Å². The summed E-state index contributed by atoms with van der Waals surface area (Å²) in [5, 5.41) is 8.20.